The minimum absolute atomic E-state index is 0.599. The summed E-state index contributed by atoms with van der Waals surface area (Å²) in [7, 11) is 0. The van der Waals surface area contributed by atoms with Crippen molar-refractivity contribution in [3.8, 4) is 11.8 Å². The van der Waals surface area contributed by atoms with Crippen LogP contribution < -0.4 is 0 Å². The van der Waals surface area contributed by atoms with Crippen molar-refractivity contribution in [2.24, 2.45) is 0 Å². The van der Waals surface area contributed by atoms with Crippen molar-refractivity contribution in [1.29, 1.82) is 0 Å². The summed E-state index contributed by atoms with van der Waals surface area (Å²) in [5.41, 5.74) is -0.0492. The van der Waals surface area contributed by atoms with Crippen LogP contribution in [0.3, 0.4) is 0 Å². The molecule has 1 heterocycles. The summed E-state index contributed by atoms with van der Waals surface area (Å²) in [5.74, 6) is 5.63. The van der Waals surface area contributed by atoms with Gasteiger partial charge in [0, 0.05) is 12.8 Å². The van der Waals surface area contributed by atoms with Gasteiger partial charge < -0.3 is 9.84 Å². The van der Waals surface area contributed by atoms with Crippen LogP contribution in [0.25, 0.3) is 0 Å². The van der Waals surface area contributed by atoms with E-state index in [1.54, 1.807) is 0 Å². The number of rotatable bonds is 0. The Morgan fingerprint density at radius 2 is 2.08 bits per heavy atom. The van der Waals surface area contributed by atoms with Gasteiger partial charge in [0.25, 0.3) is 0 Å². The summed E-state index contributed by atoms with van der Waals surface area (Å²) in [4.78, 5) is 0. The van der Waals surface area contributed by atoms with Gasteiger partial charge in [-0.05, 0) is 12.5 Å². The minimum atomic E-state index is -0.836. The molecule has 2 heteroatoms. The highest BCUT2D eigenvalue weighted by Crippen LogP contribution is 2.19. The first-order valence-electron chi connectivity index (χ1n) is 4.11. The summed E-state index contributed by atoms with van der Waals surface area (Å²) >= 11 is 0. The van der Waals surface area contributed by atoms with Crippen LogP contribution in [-0.2, 0) is 4.74 Å². The first kappa shape index (κ1) is 9.31. The third-order valence-electron chi connectivity index (χ3n) is 1.83. The molecule has 1 rings (SSSR count). The molecule has 0 saturated carbocycles. The number of hydrogen-bond acceptors (Lipinski definition) is 2. The monoisotopic (exact) mass is 166 g/mol. The van der Waals surface area contributed by atoms with E-state index in [9.17, 15) is 5.11 Å². The standard InChI is InChI=1S/C10H14O2/c1-9(2)3-4-10(11)5-7-12-8-6-10/h11H,1,5-8H2,2H3. The molecule has 66 valence electrons. The SMILES string of the molecule is C=C(C)C#CC1(O)CCOCC1. The lowest BCUT2D eigenvalue weighted by atomic mass is 9.95. The van der Waals surface area contributed by atoms with Crippen LogP contribution >= 0.6 is 0 Å². The van der Waals surface area contributed by atoms with Crippen molar-refractivity contribution in [1.82, 2.24) is 0 Å². The minimum Gasteiger partial charge on any atom is -0.381 e. The third-order valence-corrected chi connectivity index (χ3v) is 1.83. The fraction of sp³-hybridized carbons (Fsp3) is 0.600. The molecule has 0 aromatic carbocycles. The lowest BCUT2D eigenvalue weighted by Gasteiger charge is -2.26. The Morgan fingerprint density at radius 3 is 2.58 bits per heavy atom. The van der Waals surface area contributed by atoms with Crippen molar-refractivity contribution >= 4 is 0 Å². The molecule has 0 aliphatic carbocycles. The van der Waals surface area contributed by atoms with Gasteiger partial charge in [-0.25, -0.2) is 0 Å². The van der Waals surface area contributed by atoms with Crippen LogP contribution in [0.5, 0.6) is 0 Å². The van der Waals surface area contributed by atoms with E-state index in [1.165, 1.54) is 0 Å². The predicted octanol–water partition coefficient (Wildman–Crippen LogP) is 1.11. The zero-order valence-electron chi connectivity index (χ0n) is 7.39. The van der Waals surface area contributed by atoms with Gasteiger partial charge in [0.1, 0.15) is 5.60 Å². The van der Waals surface area contributed by atoms with E-state index in [1.807, 2.05) is 6.92 Å². The fourth-order valence-corrected chi connectivity index (χ4v) is 1.06. The molecular formula is C10H14O2. The van der Waals surface area contributed by atoms with Gasteiger partial charge in [0.05, 0.1) is 13.2 Å². The summed E-state index contributed by atoms with van der Waals surface area (Å²) in [6, 6.07) is 0. The Labute approximate surface area is 73.2 Å². The average molecular weight is 166 g/mol. The summed E-state index contributed by atoms with van der Waals surface area (Å²) < 4.78 is 5.12. The Hall–Kier alpha value is -0.780. The molecule has 0 atom stereocenters. The average Bonchev–Trinajstić information content (AvgIpc) is 2.03. The van der Waals surface area contributed by atoms with Crippen molar-refractivity contribution in [3.05, 3.63) is 12.2 Å². The van der Waals surface area contributed by atoms with E-state index in [2.05, 4.69) is 18.4 Å². The summed E-state index contributed by atoms with van der Waals surface area (Å²) in [6.07, 6.45) is 1.21. The smallest absolute Gasteiger partial charge is 0.130 e. The van der Waals surface area contributed by atoms with Crippen molar-refractivity contribution in [3.63, 3.8) is 0 Å². The van der Waals surface area contributed by atoms with Gasteiger partial charge in [0.15, 0.2) is 0 Å². The van der Waals surface area contributed by atoms with Crippen LogP contribution in [0.15, 0.2) is 12.2 Å². The van der Waals surface area contributed by atoms with E-state index >= 15 is 0 Å². The second kappa shape index (κ2) is 3.75. The van der Waals surface area contributed by atoms with Gasteiger partial charge in [-0.2, -0.15) is 0 Å². The molecule has 12 heavy (non-hydrogen) atoms. The highest BCUT2D eigenvalue weighted by atomic mass is 16.5. The lowest BCUT2D eigenvalue weighted by Crippen LogP contribution is -2.34. The maximum absolute atomic E-state index is 9.83. The molecule has 0 bridgehead atoms. The Kier molecular flexibility index (Phi) is 2.91. The molecule has 0 aromatic rings. The predicted molar refractivity (Wildman–Crippen MR) is 47.6 cm³/mol. The molecule has 0 unspecified atom stereocenters. The van der Waals surface area contributed by atoms with Crippen molar-refractivity contribution in [2.75, 3.05) is 13.2 Å². The van der Waals surface area contributed by atoms with Gasteiger partial charge in [0.2, 0.25) is 0 Å². The van der Waals surface area contributed by atoms with Crippen molar-refractivity contribution < 1.29 is 9.84 Å². The fourth-order valence-electron chi connectivity index (χ4n) is 1.06. The van der Waals surface area contributed by atoms with Gasteiger partial charge in [-0.15, -0.1) is 0 Å². The molecule has 0 radical (unpaired) electrons. The van der Waals surface area contributed by atoms with Crippen LogP contribution in [0.2, 0.25) is 0 Å². The largest absolute Gasteiger partial charge is 0.381 e. The van der Waals surface area contributed by atoms with Gasteiger partial charge in [-0.1, -0.05) is 18.4 Å². The van der Waals surface area contributed by atoms with Crippen LogP contribution in [0.4, 0.5) is 0 Å². The number of aliphatic hydroxyl groups is 1. The molecular weight excluding hydrogens is 152 g/mol. The Morgan fingerprint density at radius 1 is 1.50 bits per heavy atom. The molecule has 0 aromatic heterocycles. The molecule has 1 aliphatic heterocycles. The van der Waals surface area contributed by atoms with Gasteiger partial charge >= 0.3 is 0 Å². The Bertz CT molecular complexity index is 226. The maximum Gasteiger partial charge on any atom is 0.130 e. The van der Waals surface area contributed by atoms with Crippen LogP contribution in [0.1, 0.15) is 19.8 Å². The maximum atomic E-state index is 9.83. The molecule has 1 aliphatic rings. The van der Waals surface area contributed by atoms with E-state index in [0.29, 0.717) is 26.1 Å². The van der Waals surface area contributed by atoms with Gasteiger partial charge in [-0.3, -0.25) is 0 Å². The van der Waals surface area contributed by atoms with Crippen LogP contribution in [0, 0.1) is 11.8 Å². The quantitative estimate of drug-likeness (QED) is 0.546. The third kappa shape index (κ3) is 2.69. The number of ether oxygens (including phenoxy) is 1. The van der Waals surface area contributed by atoms with Crippen LogP contribution in [-0.4, -0.2) is 23.9 Å². The van der Waals surface area contributed by atoms with E-state index in [0.717, 1.165) is 5.57 Å². The molecule has 1 fully saturated rings. The second-order valence-electron chi connectivity index (χ2n) is 3.17. The molecule has 0 amide bonds. The topological polar surface area (TPSA) is 29.5 Å². The zero-order valence-corrected chi connectivity index (χ0v) is 7.39. The number of allylic oxidation sites excluding steroid dienone is 1. The summed E-state index contributed by atoms with van der Waals surface area (Å²) in [5, 5.41) is 9.83. The Balaban J connectivity index is 2.59. The first-order valence-corrected chi connectivity index (χ1v) is 4.11. The van der Waals surface area contributed by atoms with E-state index in [-0.39, 0.29) is 0 Å². The zero-order chi connectivity index (χ0) is 9.03. The molecule has 2 nitrogen and oxygen atoms in total. The first-order chi connectivity index (χ1) is 5.62. The second-order valence-corrected chi connectivity index (χ2v) is 3.17. The molecule has 0 spiro atoms. The number of hydrogen-bond donors (Lipinski definition) is 1. The highest BCUT2D eigenvalue weighted by Gasteiger charge is 2.26. The van der Waals surface area contributed by atoms with Crippen molar-refractivity contribution in [2.45, 2.75) is 25.4 Å². The lowest BCUT2D eigenvalue weighted by molar-refractivity contribution is -0.0262. The summed E-state index contributed by atoms with van der Waals surface area (Å²) in [6.45, 7) is 6.68. The van der Waals surface area contributed by atoms with E-state index in [4.69, 9.17) is 4.74 Å². The van der Waals surface area contributed by atoms with E-state index < -0.39 is 5.60 Å². The normalized spacial score (nSPS) is 20.8. The molecule has 1 N–H and O–H groups in total. The molecule has 1 saturated heterocycles. The highest BCUT2D eigenvalue weighted by molar-refractivity contribution is 5.28.